The molecule has 0 saturated heterocycles. The Morgan fingerprint density at radius 1 is 0.600 bits per heavy atom. The summed E-state index contributed by atoms with van der Waals surface area (Å²) in [6.07, 6.45) is 0. The molecule has 3 aromatic rings. The molecule has 0 atom stereocenters. The van der Waals surface area contributed by atoms with Gasteiger partial charge in [0.2, 0.25) is 38.3 Å². The molecule has 0 fully saturated rings. The first-order chi connectivity index (χ1) is 16.5. The molecule has 3 rings (SSSR count). The Morgan fingerprint density at radius 2 is 0.825 bits per heavy atom. The summed E-state index contributed by atoms with van der Waals surface area (Å²) in [5.41, 5.74) is 4.17. The molecule has 3 heterocycles. The van der Waals surface area contributed by atoms with Crippen LogP contribution in [-0.4, -0.2) is 62.3 Å². The molecule has 0 aliphatic rings. The number of hydrogen-bond acceptors (Lipinski definition) is 20. The van der Waals surface area contributed by atoms with Crippen LogP contribution in [0.25, 0.3) is 0 Å². The molecular weight excluding hydrogens is 688 g/mol. The number of anilines is 2. The van der Waals surface area contributed by atoms with Crippen molar-refractivity contribution in [2.75, 3.05) is 10.9 Å². The predicted octanol–water partition coefficient (Wildman–Crippen LogP) is -13.8. The topological polar surface area (TPSA) is 403 Å². The van der Waals surface area contributed by atoms with Crippen LogP contribution in [0.3, 0.4) is 0 Å². The van der Waals surface area contributed by atoms with E-state index in [0.717, 1.165) is 0 Å². The maximum Gasteiger partial charge on any atom is 1.00 e. The van der Waals surface area contributed by atoms with Gasteiger partial charge in [0.25, 0.3) is 6.47 Å². The first-order valence-corrected chi connectivity index (χ1v) is 9.32. The molecule has 22 nitrogen and oxygen atoms in total. The van der Waals surface area contributed by atoms with Crippen molar-refractivity contribution in [3.8, 4) is 12.0 Å². The zero-order chi connectivity index (χ0) is 27.4. The summed E-state index contributed by atoms with van der Waals surface area (Å²) in [7, 11) is 0. The van der Waals surface area contributed by atoms with Gasteiger partial charge in [0.15, 0.2) is 0 Å². The third-order valence-electron chi connectivity index (χ3n) is 2.03. The number of hydrazine groups is 3. The van der Waals surface area contributed by atoms with Crippen LogP contribution >= 0.6 is 58.0 Å². The van der Waals surface area contributed by atoms with Crippen LogP contribution in [0.4, 0.5) is 11.9 Å². The Labute approximate surface area is 315 Å². The maximum absolute atomic E-state index is 10.6. The van der Waals surface area contributed by atoms with E-state index in [-0.39, 0.29) is 144 Å². The Hall–Kier alpha value is -0.130. The number of nitrogens with zero attached hydrogens (tertiary/aromatic N) is 9. The van der Waals surface area contributed by atoms with Crippen LogP contribution in [0.5, 0.6) is 12.0 Å². The molecule has 14 N–H and O–H groups in total. The van der Waals surface area contributed by atoms with E-state index >= 15 is 0 Å². The van der Waals surface area contributed by atoms with E-state index in [1.165, 1.54) is 0 Å². The molecule has 0 unspecified atom stereocenters. The smallest absolute Gasteiger partial charge is 0.844 e. The Kier molecular flexibility index (Phi) is 48.9. The van der Waals surface area contributed by atoms with E-state index < -0.39 is 12.0 Å². The van der Waals surface area contributed by atoms with Gasteiger partial charge >= 0.3 is 88.7 Å². The van der Waals surface area contributed by atoms with Crippen LogP contribution in [0.2, 0.25) is 26.4 Å². The van der Waals surface area contributed by atoms with Gasteiger partial charge in [0, 0.05) is 0 Å². The molecule has 0 aromatic carbocycles. The summed E-state index contributed by atoms with van der Waals surface area (Å²) in [4.78, 5) is 41.4. The maximum atomic E-state index is 10.6. The Balaban J connectivity index is -0.0000000706. The van der Waals surface area contributed by atoms with E-state index in [1.54, 1.807) is 0 Å². The van der Waals surface area contributed by atoms with E-state index in [2.05, 4.69) is 72.3 Å². The average molecular weight is 704 g/mol. The molecule has 210 valence electrons. The second kappa shape index (κ2) is 35.1. The second-order valence-corrected chi connectivity index (χ2v) is 5.74. The van der Waals surface area contributed by atoms with Crippen LogP contribution in [0.1, 0.15) is 0 Å². The van der Waals surface area contributed by atoms with Crippen molar-refractivity contribution >= 4 is 76.4 Å². The van der Waals surface area contributed by atoms with Gasteiger partial charge in [0.05, 0.1) is 12.0 Å². The van der Waals surface area contributed by atoms with Crippen molar-refractivity contribution in [1.82, 2.24) is 44.9 Å². The number of carbonyl (C=O) groups excluding carboxylic acids is 1. The molecule has 0 radical (unpaired) electrons. The van der Waals surface area contributed by atoms with Crippen molar-refractivity contribution in [2.45, 2.75) is 0 Å². The number of carbonyl (C=O) groups is 1. The van der Waals surface area contributed by atoms with Gasteiger partial charge in [-0.3, -0.25) is 27.3 Å². The van der Waals surface area contributed by atoms with Gasteiger partial charge in [-0.05, 0) is 58.0 Å². The van der Waals surface area contributed by atoms with Gasteiger partial charge in [-0.2, -0.15) is 24.9 Å². The monoisotopic (exact) mass is 701 g/mol. The normalized spacial score (nSPS) is 7.55. The molecule has 0 amide bonds. The van der Waals surface area contributed by atoms with Crippen LogP contribution in [-0.2, 0) is 9.68 Å². The number of rotatable bonds is 3. The van der Waals surface area contributed by atoms with Crippen LogP contribution in [0.15, 0.2) is 0 Å². The van der Waals surface area contributed by atoms with Crippen molar-refractivity contribution in [2.24, 2.45) is 23.4 Å². The van der Waals surface area contributed by atoms with Crippen molar-refractivity contribution in [3.63, 3.8) is 0 Å². The molecule has 0 bridgehead atoms. The zero-order valence-corrected chi connectivity index (χ0v) is 30.1. The minimum atomic E-state index is -0.722. The van der Waals surface area contributed by atoms with Crippen molar-refractivity contribution in [3.05, 3.63) is 26.4 Å². The summed E-state index contributed by atoms with van der Waals surface area (Å²) in [6, 6.07) is -1.43. The van der Waals surface area contributed by atoms with E-state index in [0.29, 0.717) is 0 Å². The SMILES string of the molecule is Clc1nc(Cl)nc(Cl)n1.NN.NNc1nc([O-])nc(NN)n1.O.O.O=CO[O-].[Na+].[Na+].[Na+].[O-]c1nc(Cl)nc(Cl)n1. The first kappa shape index (κ1) is 55.8. The minimum absolute atomic E-state index is 0. The van der Waals surface area contributed by atoms with Gasteiger partial charge in [0.1, 0.15) is 0 Å². The van der Waals surface area contributed by atoms with Gasteiger partial charge in [-0.1, -0.05) is 0 Å². The Morgan fingerprint density at radius 3 is 1.02 bits per heavy atom. The molecule has 30 heteroatoms. The first-order valence-electron chi connectivity index (χ1n) is 7.43. The molecule has 0 aliphatic heterocycles. The number of nitrogens with two attached hydrogens (primary N) is 4. The fraction of sp³-hybridized carbons (Fsp3) is 0. The summed E-state index contributed by atoms with van der Waals surface area (Å²) < 4.78 is 0. The van der Waals surface area contributed by atoms with Crippen LogP contribution in [0, 0.1) is 0 Å². The Bertz CT molecular complexity index is 872. The van der Waals surface area contributed by atoms with Gasteiger partial charge in [-0.15, -0.1) is 0 Å². The molecule has 0 aliphatic carbocycles. The minimum Gasteiger partial charge on any atom is -0.844 e. The summed E-state index contributed by atoms with van der Waals surface area (Å²) in [5, 5.41) is 28.9. The van der Waals surface area contributed by atoms with Gasteiger partial charge in [-0.25, -0.2) is 31.6 Å². The number of aromatic nitrogens is 9. The van der Waals surface area contributed by atoms with E-state index in [4.69, 9.17) is 79.7 Å². The summed E-state index contributed by atoms with van der Waals surface area (Å²) >= 11 is 26.4. The van der Waals surface area contributed by atoms with Crippen molar-refractivity contribution in [1.29, 1.82) is 0 Å². The third-order valence-corrected chi connectivity index (χ3v) is 2.87. The number of nitrogens with one attached hydrogen (secondary N) is 2. The fourth-order valence-corrected chi connectivity index (χ4v) is 2.06. The standard InChI is InChI=1S/C3Cl3N3.C3HCl2N3O.C3H7N7O.CH2O3.H4N2.3Na.2H2O/c4-1-7-2(5)9-3(6)8-1;4-1-6-2(5)8-3(9)7-1;4-9-1-6-2(10-5)8-3(11)7-1;2-1-4-3;1-2;;;;;/h;(H,6,7,8,9);4-5H2,(H3,6,7,8,9,10,11);1,3H;1-2H2;;;;2*1H2/q;;;;;3*+1;;/p-3. The van der Waals surface area contributed by atoms with E-state index in [1.807, 2.05) is 0 Å². The molecule has 40 heavy (non-hydrogen) atoms. The quantitative estimate of drug-likeness (QED) is 0.0484. The van der Waals surface area contributed by atoms with Crippen LogP contribution < -0.4 is 138 Å². The second-order valence-electron chi connectivity index (χ2n) is 4.04. The predicted molar refractivity (Wildman–Crippen MR) is 122 cm³/mol. The molecular formula is C10H15Cl5N15Na3O7. The van der Waals surface area contributed by atoms with Crippen molar-refractivity contribution < 1.29 is 125 Å². The molecule has 0 spiro atoms. The molecule has 3 aromatic heterocycles. The summed E-state index contributed by atoms with van der Waals surface area (Å²) in [6.45, 7) is -0.181. The van der Waals surface area contributed by atoms with E-state index in [9.17, 15) is 10.2 Å². The zero-order valence-electron chi connectivity index (χ0n) is 20.3. The fourth-order valence-electron chi connectivity index (χ4n) is 1.10. The number of hydrogen-bond donors (Lipinski definition) is 6. The molecule has 0 saturated carbocycles. The largest absolute Gasteiger partial charge is 1.00 e. The summed E-state index contributed by atoms with van der Waals surface area (Å²) in [5.74, 6) is 17.8. The third kappa shape index (κ3) is 30.8. The number of halogens is 5. The number of nitrogen functional groups attached to an aromatic ring is 2. The van der Waals surface area contributed by atoms with Gasteiger partial charge < -0.3 is 31.3 Å². The average Bonchev–Trinajstić information content (AvgIpc) is 2.79.